The average Bonchev–Trinajstić information content (AvgIpc) is 3.18. The molecule has 0 amide bonds. The molecule has 2 aromatic rings. The lowest BCUT2D eigenvalue weighted by Gasteiger charge is -2.34. The second kappa shape index (κ2) is 11.4. The number of benzene rings is 2. The number of piperazine rings is 1. The van der Waals surface area contributed by atoms with E-state index in [1.165, 1.54) is 24.3 Å². The largest absolute Gasteiger partial charge is 0.478 e. The van der Waals surface area contributed by atoms with Crippen molar-refractivity contribution in [2.24, 2.45) is 4.99 Å². The molecule has 5 nitrogen and oxygen atoms in total. The Balaban J connectivity index is 1.21. The van der Waals surface area contributed by atoms with Crippen molar-refractivity contribution in [3.8, 4) is 0 Å². The van der Waals surface area contributed by atoms with Crippen LogP contribution in [0.4, 0.5) is 8.78 Å². The minimum Gasteiger partial charge on any atom is -0.478 e. The molecule has 4 rings (SSSR count). The van der Waals surface area contributed by atoms with Gasteiger partial charge in [0.2, 0.25) is 0 Å². The van der Waals surface area contributed by atoms with Crippen LogP contribution < -0.4 is 0 Å². The lowest BCUT2D eigenvalue weighted by atomic mass is 10.0. The number of ether oxygens (including phenoxy) is 2. The van der Waals surface area contributed by atoms with Crippen LogP contribution in [0, 0.1) is 11.6 Å². The third kappa shape index (κ3) is 7.08. The average molecular weight is 472 g/mol. The molecule has 0 unspecified atom stereocenters. The van der Waals surface area contributed by atoms with Crippen LogP contribution in [0.2, 0.25) is 0 Å². The van der Waals surface area contributed by atoms with Gasteiger partial charge >= 0.3 is 0 Å². The van der Waals surface area contributed by atoms with Crippen LogP contribution in [-0.2, 0) is 9.47 Å². The molecule has 0 bridgehead atoms. The van der Waals surface area contributed by atoms with Crippen LogP contribution in [0.15, 0.2) is 53.5 Å². The van der Waals surface area contributed by atoms with E-state index < -0.39 is 0 Å². The first-order chi connectivity index (χ1) is 16.4. The van der Waals surface area contributed by atoms with E-state index in [1.807, 2.05) is 0 Å². The van der Waals surface area contributed by atoms with Crippen LogP contribution in [0.5, 0.6) is 0 Å². The molecular weight excluding hydrogens is 436 g/mol. The van der Waals surface area contributed by atoms with E-state index in [1.54, 1.807) is 24.3 Å². The highest BCUT2D eigenvalue weighted by atomic mass is 19.1. The summed E-state index contributed by atoms with van der Waals surface area (Å²) in [6.07, 6.45) is 1.62. The summed E-state index contributed by atoms with van der Waals surface area (Å²) in [5, 5.41) is 0. The molecule has 0 saturated carbocycles. The van der Waals surface area contributed by atoms with Crippen molar-refractivity contribution < 1.29 is 18.3 Å². The van der Waals surface area contributed by atoms with E-state index in [-0.39, 0.29) is 23.3 Å². The van der Waals surface area contributed by atoms with Crippen molar-refractivity contribution in [1.29, 1.82) is 0 Å². The van der Waals surface area contributed by atoms with E-state index in [0.717, 1.165) is 69.1 Å². The smallest absolute Gasteiger partial charge is 0.183 e. The Morgan fingerprint density at radius 2 is 1.41 bits per heavy atom. The van der Waals surface area contributed by atoms with Crippen LogP contribution in [0.1, 0.15) is 43.9 Å². The van der Waals surface area contributed by atoms with Gasteiger partial charge in [0.25, 0.3) is 0 Å². The Kier molecular flexibility index (Phi) is 8.29. The third-order valence-corrected chi connectivity index (χ3v) is 6.39. The Morgan fingerprint density at radius 1 is 0.882 bits per heavy atom. The Bertz CT molecular complexity index is 894. The molecule has 0 N–H and O–H groups in total. The number of halogens is 2. The highest BCUT2D eigenvalue weighted by Crippen LogP contribution is 2.26. The zero-order chi connectivity index (χ0) is 24.0. The van der Waals surface area contributed by atoms with Gasteiger partial charge < -0.3 is 14.4 Å². The van der Waals surface area contributed by atoms with Gasteiger partial charge in [0, 0.05) is 39.1 Å². The maximum atomic E-state index is 13.4. The molecule has 1 fully saturated rings. The van der Waals surface area contributed by atoms with Crippen LogP contribution in [0.3, 0.4) is 0 Å². The van der Waals surface area contributed by atoms with E-state index in [4.69, 9.17) is 9.47 Å². The lowest BCUT2D eigenvalue weighted by molar-refractivity contribution is 0.0451. The van der Waals surface area contributed by atoms with Gasteiger partial charge in [-0.05, 0) is 62.2 Å². The van der Waals surface area contributed by atoms with E-state index in [9.17, 15) is 8.78 Å². The summed E-state index contributed by atoms with van der Waals surface area (Å²) in [5.74, 6) is 0.330. The third-order valence-electron chi connectivity index (χ3n) is 6.39. The van der Waals surface area contributed by atoms with Gasteiger partial charge in [-0.3, -0.25) is 4.90 Å². The molecule has 0 radical (unpaired) electrons. The number of hydrogen-bond acceptors (Lipinski definition) is 5. The van der Waals surface area contributed by atoms with Gasteiger partial charge in [-0.15, -0.1) is 0 Å². The van der Waals surface area contributed by atoms with Gasteiger partial charge in [0.05, 0.1) is 12.1 Å². The standard InChI is InChI=1S/C27H35F2N3O2/c1-27(2)20-34-25(30-27)4-3-13-31-14-16-32(17-15-31)18-19-33-26(21-5-9-23(28)10-6-21)22-7-11-24(29)12-8-22/h5-12,26H,3-4,13-20H2,1-2H3. The summed E-state index contributed by atoms with van der Waals surface area (Å²) in [5.41, 5.74) is 1.64. The van der Waals surface area contributed by atoms with Gasteiger partial charge in [-0.2, -0.15) is 0 Å². The van der Waals surface area contributed by atoms with E-state index in [0.29, 0.717) is 13.2 Å². The maximum absolute atomic E-state index is 13.4. The number of hydrogen-bond donors (Lipinski definition) is 0. The van der Waals surface area contributed by atoms with Crippen molar-refractivity contribution in [1.82, 2.24) is 9.80 Å². The highest BCUT2D eigenvalue weighted by Gasteiger charge is 2.26. The second-order valence-corrected chi connectivity index (χ2v) is 9.75. The summed E-state index contributed by atoms with van der Waals surface area (Å²) in [6, 6.07) is 12.6. The monoisotopic (exact) mass is 471 g/mol. The fourth-order valence-corrected chi connectivity index (χ4v) is 4.44. The fourth-order valence-electron chi connectivity index (χ4n) is 4.44. The van der Waals surface area contributed by atoms with Gasteiger partial charge in [0.1, 0.15) is 24.3 Å². The zero-order valence-corrected chi connectivity index (χ0v) is 20.2. The van der Waals surface area contributed by atoms with Crippen molar-refractivity contribution in [2.75, 3.05) is 52.5 Å². The van der Waals surface area contributed by atoms with Gasteiger partial charge in [0.15, 0.2) is 5.90 Å². The SMILES string of the molecule is CC1(C)COC(CCCN2CCN(CCOC(c3ccc(F)cc3)c3ccc(F)cc3)CC2)=N1. The van der Waals surface area contributed by atoms with Gasteiger partial charge in [-0.1, -0.05) is 24.3 Å². The van der Waals surface area contributed by atoms with Crippen molar-refractivity contribution in [3.05, 3.63) is 71.3 Å². The molecule has 0 aromatic heterocycles. The predicted octanol–water partition coefficient (Wildman–Crippen LogP) is 4.68. The summed E-state index contributed by atoms with van der Waals surface area (Å²) in [7, 11) is 0. The normalized spacial score (nSPS) is 18.8. The molecule has 34 heavy (non-hydrogen) atoms. The molecular formula is C27H35F2N3O2. The maximum Gasteiger partial charge on any atom is 0.183 e. The minimum atomic E-state index is -0.354. The van der Waals surface area contributed by atoms with E-state index >= 15 is 0 Å². The number of rotatable bonds is 10. The summed E-state index contributed by atoms with van der Waals surface area (Å²) in [6.45, 7) is 11.4. The highest BCUT2D eigenvalue weighted by molar-refractivity contribution is 5.78. The molecule has 7 heteroatoms. The molecule has 2 aliphatic heterocycles. The molecule has 1 saturated heterocycles. The first-order valence-corrected chi connectivity index (χ1v) is 12.2. The van der Waals surface area contributed by atoms with Crippen LogP contribution in [-0.4, -0.2) is 73.7 Å². The molecule has 2 aliphatic rings. The Hall–Kier alpha value is -2.35. The van der Waals surface area contributed by atoms with Crippen LogP contribution in [0.25, 0.3) is 0 Å². The minimum absolute atomic E-state index is 0.0740. The Labute approximate surface area is 201 Å². The first kappa shape index (κ1) is 24.8. The molecule has 2 aromatic carbocycles. The molecule has 0 spiro atoms. The Morgan fingerprint density at radius 3 is 1.91 bits per heavy atom. The van der Waals surface area contributed by atoms with Crippen molar-refractivity contribution in [2.45, 2.75) is 38.3 Å². The number of aliphatic imine (C=N–C) groups is 1. The topological polar surface area (TPSA) is 37.3 Å². The molecule has 0 aliphatic carbocycles. The van der Waals surface area contributed by atoms with Crippen LogP contribution >= 0.6 is 0 Å². The van der Waals surface area contributed by atoms with Gasteiger partial charge in [-0.25, -0.2) is 13.8 Å². The quantitative estimate of drug-likeness (QED) is 0.505. The molecule has 2 heterocycles. The summed E-state index contributed by atoms with van der Waals surface area (Å²) < 4.78 is 38.7. The van der Waals surface area contributed by atoms with E-state index in [2.05, 4.69) is 28.6 Å². The lowest BCUT2D eigenvalue weighted by Crippen LogP contribution is -2.47. The first-order valence-electron chi connectivity index (χ1n) is 12.2. The zero-order valence-electron chi connectivity index (χ0n) is 20.2. The summed E-state index contributed by atoms with van der Waals surface area (Å²) in [4.78, 5) is 9.54. The summed E-state index contributed by atoms with van der Waals surface area (Å²) >= 11 is 0. The number of nitrogens with zero attached hydrogens (tertiary/aromatic N) is 3. The van der Waals surface area contributed by atoms with Crippen molar-refractivity contribution in [3.63, 3.8) is 0 Å². The predicted molar refractivity (Wildman–Crippen MR) is 130 cm³/mol. The molecule has 0 atom stereocenters. The fraction of sp³-hybridized carbons (Fsp3) is 0.519. The molecule has 184 valence electrons. The second-order valence-electron chi connectivity index (χ2n) is 9.75. The van der Waals surface area contributed by atoms with Crippen molar-refractivity contribution >= 4 is 5.90 Å².